The van der Waals surface area contributed by atoms with Crippen LogP contribution in [-0.4, -0.2) is 74.1 Å². The predicted molar refractivity (Wildman–Crippen MR) is 99.8 cm³/mol. The molecule has 3 N–H and O–H groups in total. The molecule has 0 spiro atoms. The predicted octanol–water partition coefficient (Wildman–Crippen LogP) is 1.91. The van der Waals surface area contributed by atoms with Gasteiger partial charge in [0.2, 0.25) is 5.91 Å². The molecule has 0 unspecified atom stereocenters. The Morgan fingerprint density at radius 2 is 1.88 bits per heavy atom. The SMILES string of the molecule is NC(=O)[C@@H](C(=O)Nc1ccc(N2CCOCC2=O)c(C(F)F)c1)N(CC(F)F)CC(F)(F)F. The van der Waals surface area contributed by atoms with E-state index in [1.807, 2.05) is 5.32 Å². The molecule has 1 aromatic rings. The van der Waals surface area contributed by atoms with E-state index < -0.39 is 61.4 Å². The summed E-state index contributed by atoms with van der Waals surface area (Å²) < 4.78 is 95.9. The first-order chi connectivity index (χ1) is 15.3. The lowest BCUT2D eigenvalue weighted by Crippen LogP contribution is -2.55. The van der Waals surface area contributed by atoms with Gasteiger partial charge in [0.1, 0.15) is 6.61 Å². The number of rotatable bonds is 9. The molecule has 3 amide bonds. The highest BCUT2D eigenvalue weighted by molar-refractivity contribution is 6.09. The molecule has 0 bridgehead atoms. The van der Waals surface area contributed by atoms with Crippen molar-refractivity contribution < 1.29 is 49.9 Å². The molecule has 1 atom stereocenters. The molecular formula is C18H19F7N4O4. The van der Waals surface area contributed by atoms with E-state index in [-0.39, 0.29) is 36.0 Å². The molecule has 1 heterocycles. The number of hydrogen-bond donors (Lipinski definition) is 2. The van der Waals surface area contributed by atoms with Gasteiger partial charge in [0.15, 0.2) is 6.04 Å². The average molecular weight is 488 g/mol. The van der Waals surface area contributed by atoms with Gasteiger partial charge in [-0.05, 0) is 18.2 Å². The summed E-state index contributed by atoms with van der Waals surface area (Å²) >= 11 is 0. The number of nitrogens with one attached hydrogen (secondary N) is 1. The van der Waals surface area contributed by atoms with Crippen molar-refractivity contribution in [3.8, 4) is 0 Å². The molecule has 1 aromatic carbocycles. The largest absolute Gasteiger partial charge is 0.401 e. The van der Waals surface area contributed by atoms with Crippen LogP contribution in [0.1, 0.15) is 12.0 Å². The highest BCUT2D eigenvalue weighted by Crippen LogP contribution is 2.33. The van der Waals surface area contributed by atoms with Gasteiger partial charge in [-0.2, -0.15) is 13.2 Å². The fourth-order valence-corrected chi connectivity index (χ4v) is 3.18. The highest BCUT2D eigenvalue weighted by Gasteiger charge is 2.40. The monoisotopic (exact) mass is 488 g/mol. The number of benzene rings is 1. The number of primary amides is 1. The molecule has 1 aliphatic rings. The van der Waals surface area contributed by atoms with Gasteiger partial charge in [-0.25, -0.2) is 17.6 Å². The molecule has 1 fully saturated rings. The molecule has 0 radical (unpaired) electrons. The van der Waals surface area contributed by atoms with Gasteiger partial charge in [0.05, 0.1) is 25.4 Å². The van der Waals surface area contributed by atoms with Crippen molar-refractivity contribution in [2.75, 3.05) is 43.1 Å². The Kier molecular flexibility index (Phi) is 8.60. The van der Waals surface area contributed by atoms with Crippen LogP contribution in [0.25, 0.3) is 0 Å². The van der Waals surface area contributed by atoms with Crippen LogP contribution in [0.2, 0.25) is 0 Å². The van der Waals surface area contributed by atoms with Gasteiger partial charge >= 0.3 is 6.18 Å². The smallest absolute Gasteiger partial charge is 0.370 e. The van der Waals surface area contributed by atoms with Crippen LogP contribution in [0.4, 0.5) is 42.1 Å². The molecule has 184 valence electrons. The summed E-state index contributed by atoms with van der Waals surface area (Å²) in [5.41, 5.74) is 3.72. The van der Waals surface area contributed by atoms with Gasteiger partial charge in [-0.1, -0.05) is 0 Å². The number of ether oxygens (including phenoxy) is 1. The minimum Gasteiger partial charge on any atom is -0.370 e. The fourth-order valence-electron chi connectivity index (χ4n) is 3.18. The minimum atomic E-state index is -5.04. The summed E-state index contributed by atoms with van der Waals surface area (Å²) in [7, 11) is 0. The van der Waals surface area contributed by atoms with Gasteiger partial charge in [-0.3, -0.25) is 19.3 Å². The molecule has 0 aromatic heterocycles. The Labute approximate surface area is 182 Å². The molecule has 33 heavy (non-hydrogen) atoms. The zero-order chi connectivity index (χ0) is 24.9. The molecule has 1 aliphatic heterocycles. The number of nitrogens with zero attached hydrogens (tertiary/aromatic N) is 2. The molecule has 8 nitrogen and oxygen atoms in total. The van der Waals surface area contributed by atoms with Crippen molar-refractivity contribution in [2.24, 2.45) is 5.73 Å². The zero-order valence-electron chi connectivity index (χ0n) is 16.8. The number of alkyl halides is 7. The van der Waals surface area contributed by atoms with Crippen molar-refractivity contribution in [3.05, 3.63) is 23.8 Å². The number of carbonyl (C=O) groups is 3. The van der Waals surface area contributed by atoms with Crippen molar-refractivity contribution in [2.45, 2.75) is 25.1 Å². The summed E-state index contributed by atoms with van der Waals surface area (Å²) in [6.07, 6.45) is -11.5. The lowest BCUT2D eigenvalue weighted by atomic mass is 10.1. The molecule has 1 saturated heterocycles. The van der Waals surface area contributed by atoms with E-state index in [4.69, 9.17) is 10.5 Å². The van der Waals surface area contributed by atoms with Crippen LogP contribution in [0.15, 0.2) is 18.2 Å². The molecule has 15 heteroatoms. The molecule has 2 rings (SSSR count). The first kappa shape index (κ1) is 26.3. The summed E-state index contributed by atoms with van der Waals surface area (Å²) in [5.74, 6) is -3.77. The van der Waals surface area contributed by atoms with Crippen LogP contribution in [0.5, 0.6) is 0 Å². The molecule has 0 aliphatic carbocycles. The average Bonchev–Trinajstić information content (AvgIpc) is 2.66. The number of nitrogens with two attached hydrogens (primary N) is 1. The van der Waals surface area contributed by atoms with Crippen molar-refractivity contribution >= 4 is 29.1 Å². The lowest BCUT2D eigenvalue weighted by molar-refractivity contribution is -0.160. The van der Waals surface area contributed by atoms with E-state index >= 15 is 0 Å². The van der Waals surface area contributed by atoms with Crippen LogP contribution < -0.4 is 16.0 Å². The second-order valence-electron chi connectivity index (χ2n) is 6.90. The van der Waals surface area contributed by atoms with Crippen molar-refractivity contribution in [3.63, 3.8) is 0 Å². The Hall–Kier alpha value is -2.94. The number of amides is 3. The number of halogens is 7. The van der Waals surface area contributed by atoms with Crippen LogP contribution in [0.3, 0.4) is 0 Å². The van der Waals surface area contributed by atoms with Gasteiger partial charge in [0, 0.05) is 17.8 Å². The summed E-state index contributed by atoms with van der Waals surface area (Å²) in [5, 5.41) is 1.94. The van der Waals surface area contributed by atoms with E-state index in [2.05, 4.69) is 0 Å². The molecule has 0 saturated carbocycles. The Bertz CT molecular complexity index is 882. The van der Waals surface area contributed by atoms with Gasteiger partial charge in [0.25, 0.3) is 24.7 Å². The topological polar surface area (TPSA) is 105 Å². The zero-order valence-corrected chi connectivity index (χ0v) is 16.8. The Morgan fingerprint density at radius 1 is 1.21 bits per heavy atom. The van der Waals surface area contributed by atoms with E-state index in [0.29, 0.717) is 0 Å². The van der Waals surface area contributed by atoms with Gasteiger partial charge < -0.3 is 20.7 Å². The highest BCUT2D eigenvalue weighted by atomic mass is 19.4. The summed E-state index contributed by atoms with van der Waals surface area (Å²) in [6.45, 7) is -3.90. The second kappa shape index (κ2) is 10.8. The fraction of sp³-hybridized carbons (Fsp3) is 0.500. The van der Waals surface area contributed by atoms with Crippen LogP contribution in [-0.2, 0) is 19.1 Å². The van der Waals surface area contributed by atoms with Crippen molar-refractivity contribution in [1.82, 2.24) is 4.90 Å². The standard InChI is InChI=1S/C18H19F7N4O4/c19-12(20)6-28(8-18(23,24)25)14(16(26)31)17(32)27-9-1-2-11(10(5-9)15(21)22)29-3-4-33-7-13(29)30/h1-2,5,12,14-15H,3-4,6-8H2,(H2,26,31)(H,27,32)/t14-/m0/s1. The second-order valence-corrected chi connectivity index (χ2v) is 6.90. The van der Waals surface area contributed by atoms with Crippen LogP contribution in [0, 0.1) is 0 Å². The quantitative estimate of drug-likeness (QED) is 0.408. The van der Waals surface area contributed by atoms with E-state index in [9.17, 15) is 45.1 Å². The van der Waals surface area contributed by atoms with Crippen molar-refractivity contribution in [1.29, 1.82) is 0 Å². The van der Waals surface area contributed by atoms with E-state index in [1.165, 1.54) is 0 Å². The lowest BCUT2D eigenvalue weighted by Gasteiger charge is -2.30. The van der Waals surface area contributed by atoms with E-state index in [0.717, 1.165) is 23.1 Å². The minimum absolute atomic E-state index is 0.0198. The maximum atomic E-state index is 13.6. The first-order valence-electron chi connectivity index (χ1n) is 9.29. The molecular weight excluding hydrogens is 469 g/mol. The third-order valence-corrected chi connectivity index (χ3v) is 4.44. The number of morpholine rings is 1. The van der Waals surface area contributed by atoms with Gasteiger partial charge in [-0.15, -0.1) is 0 Å². The summed E-state index contributed by atoms with van der Waals surface area (Å²) in [6, 6.07) is 0.406. The maximum absolute atomic E-state index is 13.6. The maximum Gasteiger partial charge on any atom is 0.401 e. The van der Waals surface area contributed by atoms with Crippen LogP contribution >= 0.6 is 0 Å². The Balaban J connectivity index is 2.32. The third-order valence-electron chi connectivity index (χ3n) is 4.44. The number of anilines is 2. The normalized spacial score (nSPS) is 15.9. The van der Waals surface area contributed by atoms with E-state index in [1.54, 1.807) is 0 Å². The summed E-state index contributed by atoms with van der Waals surface area (Å²) in [4.78, 5) is 36.9. The third kappa shape index (κ3) is 7.28. The number of carbonyl (C=O) groups excluding carboxylic acids is 3. The first-order valence-corrected chi connectivity index (χ1v) is 9.29. The number of hydrogen-bond acceptors (Lipinski definition) is 5. The Morgan fingerprint density at radius 3 is 2.39 bits per heavy atom.